The van der Waals surface area contributed by atoms with Crippen LogP contribution >= 0.6 is 35.3 Å². The van der Waals surface area contributed by atoms with Gasteiger partial charge in [0.05, 0.1) is 10.7 Å². The highest BCUT2D eigenvalue weighted by Crippen LogP contribution is 2.27. The molecular weight excluding hydrogens is 383 g/mol. The number of aromatic nitrogens is 1. The van der Waals surface area contributed by atoms with Gasteiger partial charge in [-0.1, -0.05) is 0 Å². The maximum atomic E-state index is 5.98. The molecule has 0 bridgehead atoms. The van der Waals surface area contributed by atoms with Gasteiger partial charge in [0, 0.05) is 30.9 Å². The Morgan fingerprint density at radius 1 is 1.40 bits per heavy atom. The number of fused-ring (bicyclic) bond motifs is 1. The monoisotopic (exact) mass is 406 g/mol. The fraction of sp³-hybridized carbons (Fsp3) is 0.714. The maximum absolute atomic E-state index is 5.98. The van der Waals surface area contributed by atoms with Crippen LogP contribution in [0.5, 0.6) is 0 Å². The van der Waals surface area contributed by atoms with Crippen molar-refractivity contribution < 1.29 is 0 Å². The van der Waals surface area contributed by atoms with Crippen LogP contribution in [0.25, 0.3) is 0 Å². The van der Waals surface area contributed by atoms with E-state index in [2.05, 4.69) is 9.89 Å². The minimum Gasteiger partial charge on any atom is -0.370 e. The van der Waals surface area contributed by atoms with E-state index in [4.69, 9.17) is 10.7 Å². The molecule has 0 saturated heterocycles. The molecule has 0 spiro atoms. The van der Waals surface area contributed by atoms with Crippen molar-refractivity contribution >= 4 is 41.3 Å². The number of halogens is 1. The van der Waals surface area contributed by atoms with Gasteiger partial charge in [-0.15, -0.1) is 35.3 Å². The SMILES string of the molecule is CN(C(N)=NCCc1nc2c(s1)CCCC2)C1CC1.I. The lowest BCUT2D eigenvalue weighted by atomic mass is 10.0. The molecule has 1 heterocycles. The van der Waals surface area contributed by atoms with Gasteiger partial charge in [-0.05, 0) is 38.5 Å². The van der Waals surface area contributed by atoms with Crippen molar-refractivity contribution in [3.8, 4) is 0 Å². The molecule has 112 valence electrons. The number of guanidine groups is 1. The fourth-order valence-corrected chi connectivity index (χ4v) is 3.68. The molecule has 6 heteroatoms. The summed E-state index contributed by atoms with van der Waals surface area (Å²) in [5, 5.41) is 1.23. The third-order valence-electron chi connectivity index (χ3n) is 3.95. The average Bonchev–Trinajstić information content (AvgIpc) is 3.17. The highest BCUT2D eigenvalue weighted by atomic mass is 127. The largest absolute Gasteiger partial charge is 0.370 e. The lowest BCUT2D eigenvalue weighted by molar-refractivity contribution is 0.487. The Balaban J connectivity index is 0.00000147. The van der Waals surface area contributed by atoms with Crippen molar-refractivity contribution in [2.45, 2.75) is 51.0 Å². The normalized spacial score (nSPS) is 18.4. The Bertz CT molecular complexity index is 458. The topological polar surface area (TPSA) is 54.5 Å². The van der Waals surface area contributed by atoms with E-state index in [-0.39, 0.29) is 24.0 Å². The van der Waals surface area contributed by atoms with Crippen LogP contribution < -0.4 is 5.73 Å². The number of hydrogen-bond donors (Lipinski definition) is 1. The van der Waals surface area contributed by atoms with Gasteiger partial charge in [-0.2, -0.15) is 0 Å². The number of nitrogens with zero attached hydrogens (tertiary/aromatic N) is 3. The van der Waals surface area contributed by atoms with Gasteiger partial charge in [-0.25, -0.2) is 4.98 Å². The number of aryl methyl sites for hydroxylation is 2. The first-order valence-electron chi connectivity index (χ1n) is 7.24. The van der Waals surface area contributed by atoms with E-state index in [1.54, 1.807) is 0 Å². The van der Waals surface area contributed by atoms with Crippen molar-refractivity contribution in [3.63, 3.8) is 0 Å². The molecule has 0 radical (unpaired) electrons. The molecule has 1 aromatic rings. The lowest BCUT2D eigenvalue weighted by Crippen LogP contribution is -2.35. The molecule has 4 nitrogen and oxygen atoms in total. The van der Waals surface area contributed by atoms with E-state index in [0.717, 1.165) is 13.0 Å². The first-order valence-corrected chi connectivity index (χ1v) is 8.06. The summed E-state index contributed by atoms with van der Waals surface area (Å²) in [5.41, 5.74) is 7.32. The molecule has 0 amide bonds. The molecule has 1 fully saturated rings. The molecule has 0 aromatic carbocycles. The van der Waals surface area contributed by atoms with Crippen LogP contribution in [-0.2, 0) is 19.3 Å². The molecular formula is C14H23IN4S. The Hall–Kier alpha value is -0.370. The molecule has 1 aromatic heterocycles. The zero-order valence-corrected chi connectivity index (χ0v) is 15.1. The van der Waals surface area contributed by atoms with E-state index in [9.17, 15) is 0 Å². The van der Waals surface area contributed by atoms with Crippen LogP contribution in [0.4, 0.5) is 0 Å². The first-order chi connectivity index (χ1) is 9.24. The maximum Gasteiger partial charge on any atom is 0.191 e. The Morgan fingerprint density at radius 3 is 2.85 bits per heavy atom. The van der Waals surface area contributed by atoms with E-state index >= 15 is 0 Å². The van der Waals surface area contributed by atoms with Crippen LogP contribution in [0.1, 0.15) is 41.3 Å². The van der Waals surface area contributed by atoms with Crippen LogP contribution in [0.2, 0.25) is 0 Å². The van der Waals surface area contributed by atoms with Gasteiger partial charge < -0.3 is 10.6 Å². The summed E-state index contributed by atoms with van der Waals surface area (Å²) in [6.45, 7) is 0.759. The summed E-state index contributed by atoms with van der Waals surface area (Å²) in [6.07, 6.45) is 8.46. The van der Waals surface area contributed by atoms with Crippen molar-refractivity contribution in [1.82, 2.24) is 9.88 Å². The molecule has 0 atom stereocenters. The summed E-state index contributed by atoms with van der Waals surface area (Å²) >= 11 is 1.88. The summed E-state index contributed by atoms with van der Waals surface area (Å²) in [5.74, 6) is 0.684. The second kappa shape index (κ2) is 7.06. The molecule has 2 aliphatic carbocycles. The zero-order valence-electron chi connectivity index (χ0n) is 12.0. The average molecular weight is 406 g/mol. The third kappa shape index (κ3) is 3.84. The van der Waals surface area contributed by atoms with Gasteiger partial charge in [0.1, 0.15) is 0 Å². The second-order valence-corrected chi connectivity index (χ2v) is 6.68. The number of hydrogen-bond acceptors (Lipinski definition) is 3. The van der Waals surface area contributed by atoms with Crippen molar-refractivity contribution in [3.05, 3.63) is 15.6 Å². The molecule has 0 aliphatic heterocycles. The van der Waals surface area contributed by atoms with Crippen LogP contribution in [-0.4, -0.2) is 35.5 Å². The minimum atomic E-state index is 0. The predicted octanol–water partition coefficient (Wildman–Crippen LogP) is 2.59. The summed E-state index contributed by atoms with van der Waals surface area (Å²) in [4.78, 5) is 12.8. The molecule has 2 N–H and O–H groups in total. The highest BCUT2D eigenvalue weighted by Gasteiger charge is 2.27. The van der Waals surface area contributed by atoms with Crippen LogP contribution in [0, 0.1) is 0 Å². The molecule has 3 rings (SSSR count). The highest BCUT2D eigenvalue weighted by molar-refractivity contribution is 14.0. The van der Waals surface area contributed by atoms with Crippen molar-refractivity contribution in [1.29, 1.82) is 0 Å². The third-order valence-corrected chi connectivity index (χ3v) is 5.16. The van der Waals surface area contributed by atoms with E-state index in [1.165, 1.54) is 54.1 Å². The lowest BCUT2D eigenvalue weighted by Gasteiger charge is -2.16. The number of thiazole rings is 1. The summed E-state index contributed by atoms with van der Waals surface area (Å²) < 4.78 is 0. The molecule has 1 saturated carbocycles. The molecule has 0 unspecified atom stereocenters. The van der Waals surface area contributed by atoms with E-state index in [0.29, 0.717) is 12.0 Å². The van der Waals surface area contributed by atoms with Gasteiger partial charge in [0.2, 0.25) is 0 Å². The van der Waals surface area contributed by atoms with E-state index in [1.807, 2.05) is 18.4 Å². The summed E-state index contributed by atoms with van der Waals surface area (Å²) in [7, 11) is 2.04. The van der Waals surface area contributed by atoms with E-state index < -0.39 is 0 Å². The standard InChI is InChI=1S/C14H22N4S.HI/c1-18(10-6-7-10)14(15)16-9-8-13-17-11-4-2-3-5-12(11)19-13;/h10H,2-9H2,1H3,(H2,15,16);1H. The fourth-order valence-electron chi connectivity index (χ4n) is 2.54. The Morgan fingerprint density at radius 2 is 2.15 bits per heavy atom. The predicted molar refractivity (Wildman–Crippen MR) is 95.1 cm³/mol. The number of nitrogens with two attached hydrogens (primary N) is 1. The van der Waals surface area contributed by atoms with Gasteiger partial charge in [-0.3, -0.25) is 4.99 Å². The molecule has 20 heavy (non-hydrogen) atoms. The van der Waals surface area contributed by atoms with Gasteiger partial charge >= 0.3 is 0 Å². The Labute approximate surface area is 141 Å². The van der Waals surface area contributed by atoms with Gasteiger partial charge in [0.15, 0.2) is 5.96 Å². The zero-order chi connectivity index (χ0) is 13.2. The first kappa shape index (κ1) is 16.0. The minimum absolute atomic E-state index is 0. The number of rotatable bonds is 4. The quantitative estimate of drug-likeness (QED) is 0.475. The van der Waals surface area contributed by atoms with Crippen LogP contribution in [0.3, 0.4) is 0 Å². The second-order valence-electron chi connectivity index (χ2n) is 5.52. The molecule has 2 aliphatic rings. The van der Waals surface area contributed by atoms with Crippen LogP contribution in [0.15, 0.2) is 4.99 Å². The van der Waals surface area contributed by atoms with Crippen molar-refractivity contribution in [2.75, 3.05) is 13.6 Å². The smallest absolute Gasteiger partial charge is 0.191 e. The van der Waals surface area contributed by atoms with Crippen molar-refractivity contribution in [2.24, 2.45) is 10.7 Å². The van der Waals surface area contributed by atoms with Gasteiger partial charge in [0.25, 0.3) is 0 Å². The Kier molecular flexibility index (Phi) is 5.65. The summed E-state index contributed by atoms with van der Waals surface area (Å²) in [6, 6.07) is 0.635. The number of aliphatic imine (C=N–C) groups is 1.